The van der Waals surface area contributed by atoms with Gasteiger partial charge in [0, 0.05) is 23.2 Å². The molecule has 1 fully saturated rings. The van der Waals surface area contributed by atoms with Crippen molar-refractivity contribution in [2.45, 2.75) is 45.1 Å². The van der Waals surface area contributed by atoms with Crippen molar-refractivity contribution in [3.8, 4) is 0 Å². The molecular formula is C16H22ClNO2. The maximum atomic E-state index is 12.7. The molecular weight excluding hydrogens is 274 g/mol. The van der Waals surface area contributed by atoms with Gasteiger partial charge in [0.25, 0.3) is 5.91 Å². The normalized spacial score (nSPS) is 16.1. The lowest BCUT2D eigenvalue weighted by Crippen LogP contribution is -2.43. The number of hydrogen-bond acceptors (Lipinski definition) is 2. The van der Waals surface area contributed by atoms with Crippen molar-refractivity contribution >= 4 is 17.5 Å². The number of halogens is 1. The highest BCUT2D eigenvalue weighted by Crippen LogP contribution is 2.25. The lowest BCUT2D eigenvalue weighted by molar-refractivity contribution is 0.0585. The average Bonchev–Trinajstić information content (AvgIpc) is 2.48. The van der Waals surface area contributed by atoms with Crippen LogP contribution >= 0.6 is 11.6 Å². The molecule has 1 aliphatic rings. The zero-order valence-electron chi connectivity index (χ0n) is 11.9. The van der Waals surface area contributed by atoms with E-state index >= 15 is 0 Å². The van der Waals surface area contributed by atoms with Gasteiger partial charge >= 0.3 is 0 Å². The molecule has 0 saturated heterocycles. The van der Waals surface area contributed by atoms with Crippen molar-refractivity contribution in [1.82, 2.24) is 4.90 Å². The molecule has 0 radical (unpaired) electrons. The van der Waals surface area contributed by atoms with Crippen LogP contribution in [0, 0.1) is 6.92 Å². The minimum absolute atomic E-state index is 0.00182. The van der Waals surface area contributed by atoms with Crippen LogP contribution in [0.25, 0.3) is 0 Å². The highest BCUT2D eigenvalue weighted by atomic mass is 35.5. The molecule has 1 aromatic rings. The fourth-order valence-corrected chi connectivity index (χ4v) is 3.02. The van der Waals surface area contributed by atoms with Gasteiger partial charge in [-0.2, -0.15) is 0 Å². The van der Waals surface area contributed by atoms with Gasteiger partial charge < -0.3 is 10.0 Å². The van der Waals surface area contributed by atoms with E-state index in [0.717, 1.165) is 31.2 Å². The van der Waals surface area contributed by atoms with Crippen molar-refractivity contribution in [2.75, 3.05) is 13.2 Å². The van der Waals surface area contributed by atoms with Crippen LogP contribution in [0.5, 0.6) is 0 Å². The standard InChI is InChI=1S/C16H22ClNO2/c1-12-7-8-13(11-15(12)17)16(20)18(9-10-19)14-5-3-2-4-6-14/h7-8,11,14,19H,2-6,9-10H2,1H3. The van der Waals surface area contributed by atoms with E-state index in [0.29, 0.717) is 17.1 Å². The molecule has 0 bridgehead atoms. The van der Waals surface area contributed by atoms with Crippen LogP contribution in [0.1, 0.15) is 48.0 Å². The molecule has 0 atom stereocenters. The number of aliphatic hydroxyl groups excluding tert-OH is 1. The van der Waals surface area contributed by atoms with Crippen LogP contribution in [0.15, 0.2) is 18.2 Å². The third-order valence-corrected chi connectivity index (χ3v) is 4.44. The van der Waals surface area contributed by atoms with Gasteiger partial charge in [-0.3, -0.25) is 4.79 Å². The van der Waals surface area contributed by atoms with Crippen LogP contribution in [0.3, 0.4) is 0 Å². The quantitative estimate of drug-likeness (QED) is 0.924. The fraction of sp³-hybridized carbons (Fsp3) is 0.562. The Bertz CT molecular complexity index is 470. The van der Waals surface area contributed by atoms with Crippen molar-refractivity contribution in [3.05, 3.63) is 34.3 Å². The van der Waals surface area contributed by atoms with E-state index in [1.54, 1.807) is 6.07 Å². The summed E-state index contributed by atoms with van der Waals surface area (Å²) in [5.41, 5.74) is 1.58. The Morgan fingerprint density at radius 1 is 1.35 bits per heavy atom. The summed E-state index contributed by atoms with van der Waals surface area (Å²) in [6, 6.07) is 5.67. The number of amides is 1. The van der Waals surface area contributed by atoms with Gasteiger partial charge in [-0.25, -0.2) is 0 Å². The summed E-state index contributed by atoms with van der Waals surface area (Å²) in [6.45, 7) is 2.32. The Labute approximate surface area is 125 Å². The van der Waals surface area contributed by atoms with E-state index in [1.165, 1.54) is 6.42 Å². The summed E-state index contributed by atoms with van der Waals surface area (Å²) in [6.07, 6.45) is 5.63. The van der Waals surface area contributed by atoms with Gasteiger partial charge in [-0.15, -0.1) is 0 Å². The molecule has 0 spiro atoms. The number of benzene rings is 1. The van der Waals surface area contributed by atoms with Crippen LogP contribution in [0.4, 0.5) is 0 Å². The van der Waals surface area contributed by atoms with Gasteiger partial charge in [0.15, 0.2) is 0 Å². The van der Waals surface area contributed by atoms with E-state index in [9.17, 15) is 9.90 Å². The second-order valence-electron chi connectivity index (χ2n) is 5.48. The highest BCUT2D eigenvalue weighted by molar-refractivity contribution is 6.31. The Morgan fingerprint density at radius 2 is 2.05 bits per heavy atom. The van der Waals surface area contributed by atoms with Crippen molar-refractivity contribution in [2.24, 2.45) is 0 Å². The van der Waals surface area contributed by atoms with Gasteiger partial charge in [0.1, 0.15) is 0 Å². The molecule has 110 valence electrons. The monoisotopic (exact) mass is 295 g/mol. The van der Waals surface area contributed by atoms with Crippen molar-refractivity contribution in [1.29, 1.82) is 0 Å². The molecule has 0 aromatic heterocycles. The minimum atomic E-state index is -0.0205. The number of carbonyl (C=O) groups is 1. The van der Waals surface area contributed by atoms with E-state index in [1.807, 2.05) is 24.0 Å². The van der Waals surface area contributed by atoms with Crippen LogP contribution in [-0.4, -0.2) is 35.1 Å². The van der Waals surface area contributed by atoms with Crippen LogP contribution < -0.4 is 0 Å². The van der Waals surface area contributed by atoms with Gasteiger partial charge in [-0.05, 0) is 37.5 Å². The van der Waals surface area contributed by atoms with Crippen molar-refractivity contribution in [3.63, 3.8) is 0 Å². The van der Waals surface area contributed by atoms with Gasteiger partial charge in [-0.1, -0.05) is 36.9 Å². The minimum Gasteiger partial charge on any atom is -0.395 e. The van der Waals surface area contributed by atoms with Crippen molar-refractivity contribution < 1.29 is 9.90 Å². The van der Waals surface area contributed by atoms with E-state index in [2.05, 4.69) is 0 Å². The predicted octanol–water partition coefficient (Wildman–Crippen LogP) is 3.42. The molecule has 0 heterocycles. The Kier molecular flexibility index (Phi) is 5.44. The van der Waals surface area contributed by atoms with E-state index in [4.69, 9.17) is 11.6 Å². The molecule has 0 aliphatic heterocycles. The van der Waals surface area contributed by atoms with Crippen LogP contribution in [0.2, 0.25) is 5.02 Å². The van der Waals surface area contributed by atoms with Gasteiger partial charge in [0.2, 0.25) is 0 Å². The third-order valence-electron chi connectivity index (χ3n) is 4.04. The zero-order chi connectivity index (χ0) is 14.5. The Morgan fingerprint density at radius 3 is 2.65 bits per heavy atom. The number of aryl methyl sites for hydroxylation is 1. The number of aliphatic hydroxyl groups is 1. The molecule has 0 unspecified atom stereocenters. The number of carbonyl (C=O) groups excluding carboxylic acids is 1. The maximum absolute atomic E-state index is 12.7. The highest BCUT2D eigenvalue weighted by Gasteiger charge is 2.26. The molecule has 1 aromatic carbocycles. The summed E-state index contributed by atoms with van der Waals surface area (Å²) in [5, 5.41) is 9.86. The topological polar surface area (TPSA) is 40.5 Å². The first kappa shape index (κ1) is 15.3. The number of rotatable bonds is 4. The Balaban J connectivity index is 2.18. The summed E-state index contributed by atoms with van der Waals surface area (Å²) in [4.78, 5) is 14.5. The molecule has 1 aliphatic carbocycles. The Hall–Kier alpha value is -1.06. The van der Waals surface area contributed by atoms with E-state index in [-0.39, 0.29) is 18.6 Å². The number of nitrogens with zero attached hydrogens (tertiary/aromatic N) is 1. The van der Waals surface area contributed by atoms with Gasteiger partial charge in [0.05, 0.1) is 6.61 Å². The summed E-state index contributed by atoms with van der Waals surface area (Å²) < 4.78 is 0. The van der Waals surface area contributed by atoms with E-state index < -0.39 is 0 Å². The lowest BCUT2D eigenvalue weighted by atomic mass is 9.93. The second kappa shape index (κ2) is 7.09. The van der Waals surface area contributed by atoms with Crippen LogP contribution in [-0.2, 0) is 0 Å². The first-order chi connectivity index (χ1) is 9.63. The molecule has 20 heavy (non-hydrogen) atoms. The molecule has 2 rings (SSSR count). The first-order valence-corrected chi connectivity index (χ1v) is 7.69. The predicted molar refractivity (Wildman–Crippen MR) is 81.2 cm³/mol. The zero-order valence-corrected chi connectivity index (χ0v) is 12.7. The molecule has 1 saturated carbocycles. The molecule has 1 amide bonds. The summed E-state index contributed by atoms with van der Waals surface area (Å²) in [5.74, 6) is -0.0205. The summed E-state index contributed by atoms with van der Waals surface area (Å²) in [7, 11) is 0. The molecule has 1 N–H and O–H groups in total. The maximum Gasteiger partial charge on any atom is 0.254 e. The fourth-order valence-electron chi connectivity index (χ4n) is 2.84. The second-order valence-corrected chi connectivity index (χ2v) is 5.89. The lowest BCUT2D eigenvalue weighted by Gasteiger charge is -2.34. The first-order valence-electron chi connectivity index (χ1n) is 7.31. The summed E-state index contributed by atoms with van der Waals surface area (Å²) >= 11 is 6.11. The molecule has 4 heteroatoms. The molecule has 3 nitrogen and oxygen atoms in total. The average molecular weight is 296 g/mol. The smallest absolute Gasteiger partial charge is 0.254 e. The largest absolute Gasteiger partial charge is 0.395 e. The number of hydrogen-bond donors (Lipinski definition) is 1. The third kappa shape index (κ3) is 3.53. The SMILES string of the molecule is Cc1ccc(C(=O)N(CCO)C2CCCCC2)cc1Cl.